The van der Waals surface area contributed by atoms with Crippen LogP contribution >= 0.6 is 11.3 Å². The summed E-state index contributed by atoms with van der Waals surface area (Å²) in [7, 11) is -1.23. The molecular weight excluding hydrogens is 797 g/mol. The van der Waals surface area contributed by atoms with Crippen molar-refractivity contribution in [3.63, 3.8) is 0 Å². The molecule has 0 saturated carbocycles. The molecule has 7 aromatic rings. The number of rotatable bonds is 6. The van der Waals surface area contributed by atoms with Crippen molar-refractivity contribution in [1.82, 2.24) is 9.97 Å². The molecule has 7 rings (SSSR count). The van der Waals surface area contributed by atoms with Gasteiger partial charge in [0.05, 0.1) is 8.07 Å². The molecule has 0 bridgehead atoms. The third kappa shape index (κ3) is 7.77. The summed E-state index contributed by atoms with van der Waals surface area (Å²) in [5, 5.41) is 3.78. The molecular formula is C43H42IrN2SSi-2. The number of thiophene rings is 1. The molecule has 2 nitrogen and oxygen atoms in total. The molecule has 0 aliphatic carbocycles. The molecule has 0 unspecified atom stereocenters. The standard InChI is InChI=1S/C29H26NS.C14H16NSi.Ir/c1-18(2)21-13-14-30-26(16-21)23-11-8-12-24-28-25(20-9-6-5-7-10-20)15-22(19(3)4)17-27(28)31-29(23)24;1-16(2,3)13-9-10-14(15-11-13)12-7-5-4-6-8-12;/h5-10,12-19H,1-4H3;4-7,9-11H,1-3H3;/q2*-1;/i18D,19D;;. The van der Waals surface area contributed by atoms with Gasteiger partial charge in [0.2, 0.25) is 0 Å². The molecule has 0 spiro atoms. The Kier molecular flexibility index (Phi) is 10.4. The number of pyridine rings is 2. The van der Waals surface area contributed by atoms with Crippen molar-refractivity contribution in [3.05, 3.63) is 139 Å². The number of hydrogen-bond donors (Lipinski definition) is 0. The summed E-state index contributed by atoms with van der Waals surface area (Å²) < 4.78 is 19.4. The summed E-state index contributed by atoms with van der Waals surface area (Å²) in [6.45, 7) is 14.7. The summed E-state index contributed by atoms with van der Waals surface area (Å²) in [4.78, 5) is 9.16. The molecule has 245 valence electrons. The predicted octanol–water partition coefficient (Wildman–Crippen LogP) is 11.9. The monoisotopic (exact) mass is 841 g/mol. The topological polar surface area (TPSA) is 25.8 Å². The van der Waals surface area contributed by atoms with Gasteiger partial charge in [-0.05, 0) is 67.3 Å². The third-order valence-electron chi connectivity index (χ3n) is 8.40. The van der Waals surface area contributed by atoms with Crippen molar-refractivity contribution < 1.29 is 22.8 Å². The van der Waals surface area contributed by atoms with Crippen LogP contribution in [0.1, 0.15) is 53.4 Å². The maximum atomic E-state index is 8.67. The van der Waals surface area contributed by atoms with E-state index in [1.807, 2.05) is 82.4 Å². The van der Waals surface area contributed by atoms with Gasteiger partial charge in [0.25, 0.3) is 0 Å². The van der Waals surface area contributed by atoms with Gasteiger partial charge in [0.1, 0.15) is 0 Å². The van der Waals surface area contributed by atoms with Gasteiger partial charge in [-0.15, -0.1) is 59.7 Å². The van der Waals surface area contributed by atoms with Gasteiger partial charge in [0, 0.05) is 39.9 Å². The molecule has 0 amide bonds. The van der Waals surface area contributed by atoms with E-state index in [4.69, 9.17) is 2.74 Å². The van der Waals surface area contributed by atoms with Crippen LogP contribution in [0, 0.1) is 12.1 Å². The first-order valence-corrected chi connectivity index (χ1v) is 20.4. The third-order valence-corrected chi connectivity index (χ3v) is 11.6. The van der Waals surface area contributed by atoms with E-state index in [9.17, 15) is 0 Å². The molecule has 1 radical (unpaired) electrons. The van der Waals surface area contributed by atoms with Crippen LogP contribution in [0.4, 0.5) is 0 Å². The quantitative estimate of drug-likeness (QED) is 0.123. The molecule has 4 aromatic carbocycles. The van der Waals surface area contributed by atoms with Crippen LogP contribution in [0.2, 0.25) is 19.6 Å². The van der Waals surface area contributed by atoms with Gasteiger partial charge in [0.15, 0.2) is 0 Å². The van der Waals surface area contributed by atoms with Crippen molar-refractivity contribution in [2.24, 2.45) is 0 Å². The Hall–Kier alpha value is -3.73. The zero-order valence-electron chi connectivity index (χ0n) is 30.6. The van der Waals surface area contributed by atoms with E-state index >= 15 is 0 Å². The Morgan fingerprint density at radius 3 is 2.12 bits per heavy atom. The van der Waals surface area contributed by atoms with Crippen molar-refractivity contribution in [3.8, 4) is 33.6 Å². The number of nitrogens with zero attached hydrogens (tertiary/aromatic N) is 2. The first-order valence-electron chi connectivity index (χ1n) is 17.1. The van der Waals surface area contributed by atoms with Crippen molar-refractivity contribution >= 4 is 44.8 Å². The van der Waals surface area contributed by atoms with Crippen LogP contribution in [-0.4, -0.2) is 18.0 Å². The van der Waals surface area contributed by atoms with E-state index in [1.165, 1.54) is 20.7 Å². The van der Waals surface area contributed by atoms with E-state index in [2.05, 4.69) is 96.3 Å². The second kappa shape index (κ2) is 15.2. The van der Waals surface area contributed by atoms with E-state index in [-0.39, 0.29) is 20.1 Å². The maximum Gasteiger partial charge on any atom is 0.0795 e. The predicted molar refractivity (Wildman–Crippen MR) is 207 cm³/mol. The van der Waals surface area contributed by atoms with Crippen LogP contribution in [-0.2, 0) is 20.1 Å². The molecule has 3 heterocycles. The minimum Gasteiger partial charge on any atom is -0.305 e. The number of benzene rings is 4. The minimum absolute atomic E-state index is 0. The molecule has 0 aliphatic heterocycles. The first kappa shape index (κ1) is 32.8. The fraction of sp³-hybridized carbons (Fsp3) is 0.209. The smallest absolute Gasteiger partial charge is 0.0795 e. The van der Waals surface area contributed by atoms with Crippen LogP contribution in [0.3, 0.4) is 0 Å². The van der Waals surface area contributed by atoms with E-state index < -0.39 is 19.9 Å². The zero-order chi connectivity index (χ0) is 35.0. The minimum atomic E-state index is -1.23. The van der Waals surface area contributed by atoms with Gasteiger partial charge in [-0.25, -0.2) is 0 Å². The number of hydrogen-bond acceptors (Lipinski definition) is 3. The van der Waals surface area contributed by atoms with Gasteiger partial charge in [-0.1, -0.05) is 113 Å². The molecule has 0 fully saturated rings. The average molecular weight is 841 g/mol. The Labute approximate surface area is 307 Å². The van der Waals surface area contributed by atoms with Crippen LogP contribution in [0.5, 0.6) is 0 Å². The Morgan fingerprint density at radius 1 is 0.729 bits per heavy atom. The SMILES string of the molecule is C[Si](C)(C)c1ccc(-c2[c-]cccc2)nc1.[2H]C(C)(C)c1ccnc(-c2[c-]ccc3c2sc2cc(C([2H])(C)C)cc(-c4ccccc4)c23)c1.[Ir]. The van der Waals surface area contributed by atoms with Gasteiger partial charge < -0.3 is 9.97 Å². The maximum absolute atomic E-state index is 8.67. The van der Waals surface area contributed by atoms with Crippen molar-refractivity contribution in [2.45, 2.75) is 59.1 Å². The Bertz CT molecular complexity index is 2220. The molecule has 0 N–H and O–H groups in total. The van der Waals surface area contributed by atoms with Crippen LogP contribution < -0.4 is 5.19 Å². The summed E-state index contributed by atoms with van der Waals surface area (Å²) >= 11 is 1.73. The van der Waals surface area contributed by atoms with E-state index in [1.54, 1.807) is 17.5 Å². The average Bonchev–Trinajstić information content (AvgIpc) is 3.47. The van der Waals surface area contributed by atoms with Crippen molar-refractivity contribution in [2.75, 3.05) is 0 Å². The zero-order valence-corrected chi connectivity index (χ0v) is 32.8. The molecule has 0 atom stereocenters. The Morgan fingerprint density at radius 2 is 1.48 bits per heavy atom. The van der Waals surface area contributed by atoms with Gasteiger partial charge >= 0.3 is 0 Å². The normalized spacial score (nSPS) is 12.5. The summed E-state index contributed by atoms with van der Waals surface area (Å²) in [6.07, 6.45) is 3.81. The van der Waals surface area contributed by atoms with Crippen LogP contribution in [0.25, 0.3) is 53.8 Å². The second-order valence-corrected chi connectivity index (χ2v) is 19.5. The fourth-order valence-electron chi connectivity index (χ4n) is 5.62. The first-order chi connectivity index (χ1) is 23.2. The second-order valence-electron chi connectivity index (χ2n) is 13.3. The van der Waals surface area contributed by atoms with Gasteiger partial charge in [-0.3, -0.25) is 0 Å². The largest absolute Gasteiger partial charge is 0.305 e. The molecule has 0 saturated heterocycles. The van der Waals surface area contributed by atoms with E-state index in [0.717, 1.165) is 49.5 Å². The molecule has 5 heteroatoms. The number of fused-ring (bicyclic) bond motifs is 3. The molecule has 48 heavy (non-hydrogen) atoms. The number of aromatic nitrogens is 2. The van der Waals surface area contributed by atoms with Crippen LogP contribution in [0.15, 0.2) is 116 Å². The fourth-order valence-corrected chi connectivity index (χ4v) is 7.93. The molecule has 3 aromatic heterocycles. The summed E-state index contributed by atoms with van der Waals surface area (Å²) in [5.74, 6) is -1.39. The summed E-state index contributed by atoms with van der Waals surface area (Å²) in [5.41, 5.74) is 8.11. The Balaban J connectivity index is 0.000000241. The molecule has 0 aliphatic rings. The summed E-state index contributed by atoms with van der Waals surface area (Å²) in [6, 6.07) is 41.7. The van der Waals surface area contributed by atoms with E-state index in [0.29, 0.717) is 0 Å². The van der Waals surface area contributed by atoms with Crippen molar-refractivity contribution in [1.29, 1.82) is 0 Å². The van der Waals surface area contributed by atoms with Gasteiger partial charge in [-0.2, -0.15) is 11.3 Å².